The molecule has 4 rings (SSSR count). The van der Waals surface area contributed by atoms with Crippen molar-refractivity contribution in [2.24, 2.45) is 11.8 Å². The number of thioether (sulfide) groups is 1. The van der Waals surface area contributed by atoms with Crippen LogP contribution < -0.4 is 4.90 Å². The lowest BCUT2D eigenvalue weighted by Gasteiger charge is -2.37. The number of hydrogen-bond donors (Lipinski definition) is 0. The van der Waals surface area contributed by atoms with Gasteiger partial charge in [-0.15, -0.1) is 11.8 Å². The number of hydrogen-bond acceptors (Lipinski definition) is 5. The Morgan fingerprint density at radius 2 is 1.80 bits per heavy atom. The highest BCUT2D eigenvalue weighted by atomic mass is 32.2. The Kier molecular flexibility index (Phi) is 6.14. The van der Waals surface area contributed by atoms with Crippen LogP contribution in [0.1, 0.15) is 33.1 Å². The van der Waals surface area contributed by atoms with Crippen LogP contribution in [-0.4, -0.2) is 67.9 Å². The zero-order valence-electron chi connectivity index (χ0n) is 17.5. The molecule has 0 unspecified atom stereocenters. The topological polar surface area (TPSA) is 78.0 Å². The minimum atomic E-state index is -3.59. The minimum Gasteiger partial charge on any atom is -0.341 e. The summed E-state index contributed by atoms with van der Waals surface area (Å²) in [5.74, 6) is 0.900. The number of sulfonamides is 1. The third-order valence-electron chi connectivity index (χ3n) is 6.09. The number of carbonyl (C=O) groups is 2. The molecule has 0 bridgehead atoms. The van der Waals surface area contributed by atoms with E-state index in [-0.39, 0.29) is 29.0 Å². The molecule has 0 spiro atoms. The second kappa shape index (κ2) is 8.51. The van der Waals surface area contributed by atoms with Crippen molar-refractivity contribution in [2.45, 2.75) is 42.9 Å². The van der Waals surface area contributed by atoms with Crippen molar-refractivity contribution in [1.82, 2.24) is 9.21 Å². The highest BCUT2D eigenvalue weighted by Crippen LogP contribution is 2.38. The van der Waals surface area contributed by atoms with E-state index in [1.165, 1.54) is 21.0 Å². The summed E-state index contributed by atoms with van der Waals surface area (Å²) in [6.45, 7) is 6.71. The minimum absolute atomic E-state index is 0.0426. The highest BCUT2D eigenvalue weighted by Gasteiger charge is 2.33. The molecule has 0 aromatic heterocycles. The SMILES string of the molecule is C[C@H]1C[C@H](C)CN(C(=O)CN2C(=O)CSc3ccc(S(=O)(=O)N4CCCC4)cc32)C1. The summed E-state index contributed by atoms with van der Waals surface area (Å²) in [6, 6.07) is 4.95. The van der Waals surface area contributed by atoms with Crippen molar-refractivity contribution in [3.8, 4) is 0 Å². The first-order valence-electron chi connectivity index (χ1n) is 10.6. The quantitative estimate of drug-likeness (QED) is 0.703. The van der Waals surface area contributed by atoms with Crippen molar-refractivity contribution < 1.29 is 18.0 Å². The molecule has 2 atom stereocenters. The van der Waals surface area contributed by atoms with Gasteiger partial charge in [0.25, 0.3) is 0 Å². The van der Waals surface area contributed by atoms with Crippen LogP contribution in [0.5, 0.6) is 0 Å². The molecule has 3 heterocycles. The lowest BCUT2D eigenvalue weighted by atomic mass is 9.92. The van der Waals surface area contributed by atoms with Crippen LogP contribution in [0.4, 0.5) is 5.69 Å². The number of fused-ring (bicyclic) bond motifs is 1. The van der Waals surface area contributed by atoms with Crippen LogP contribution in [0.2, 0.25) is 0 Å². The molecule has 3 aliphatic rings. The predicted octanol–water partition coefficient (Wildman–Crippen LogP) is 2.41. The molecule has 164 valence electrons. The fraction of sp³-hybridized carbons (Fsp3) is 0.619. The number of rotatable bonds is 4. The molecular weight excluding hydrogens is 422 g/mol. The molecular formula is C21H29N3O4S2. The summed E-state index contributed by atoms with van der Waals surface area (Å²) in [5, 5.41) is 0. The Labute approximate surface area is 182 Å². The van der Waals surface area contributed by atoms with E-state index >= 15 is 0 Å². The first-order chi connectivity index (χ1) is 14.3. The molecule has 1 aromatic carbocycles. The number of anilines is 1. The molecule has 0 aliphatic carbocycles. The molecule has 2 amide bonds. The molecule has 30 heavy (non-hydrogen) atoms. The smallest absolute Gasteiger partial charge is 0.243 e. The zero-order chi connectivity index (χ0) is 21.5. The van der Waals surface area contributed by atoms with Crippen molar-refractivity contribution in [2.75, 3.05) is 43.4 Å². The lowest BCUT2D eigenvalue weighted by molar-refractivity contribution is -0.133. The Bertz CT molecular complexity index is 934. The standard InChI is InChI=1S/C21H29N3O4S2/c1-15-9-16(2)12-22(11-15)20(25)13-24-18-10-17(5-6-19(18)29-14-21(24)26)30(27,28)23-7-3-4-8-23/h5-6,10,15-16H,3-4,7-9,11-14H2,1-2H3/t15-,16-/m0/s1. The van der Waals surface area contributed by atoms with Crippen molar-refractivity contribution in [1.29, 1.82) is 0 Å². The summed E-state index contributed by atoms with van der Waals surface area (Å²) in [5.41, 5.74) is 0.531. The molecule has 0 saturated carbocycles. The van der Waals surface area contributed by atoms with E-state index in [1.807, 2.05) is 4.90 Å². The van der Waals surface area contributed by atoms with Gasteiger partial charge in [-0.05, 0) is 49.3 Å². The maximum atomic E-state index is 13.0. The molecule has 3 aliphatic heterocycles. The molecule has 9 heteroatoms. The first kappa shape index (κ1) is 21.6. The van der Waals surface area contributed by atoms with Crippen LogP contribution in [0.15, 0.2) is 28.0 Å². The van der Waals surface area contributed by atoms with Gasteiger partial charge < -0.3 is 9.80 Å². The number of likely N-dealkylation sites (tertiary alicyclic amines) is 1. The number of nitrogens with zero attached hydrogens (tertiary/aromatic N) is 3. The molecule has 7 nitrogen and oxygen atoms in total. The first-order valence-corrected chi connectivity index (χ1v) is 13.0. The van der Waals surface area contributed by atoms with Crippen LogP contribution in [-0.2, 0) is 19.6 Å². The van der Waals surface area contributed by atoms with Gasteiger partial charge in [0.2, 0.25) is 21.8 Å². The average Bonchev–Trinajstić information content (AvgIpc) is 3.24. The van der Waals surface area contributed by atoms with E-state index in [2.05, 4.69) is 13.8 Å². The lowest BCUT2D eigenvalue weighted by Crippen LogP contribution is -2.49. The van der Waals surface area contributed by atoms with Crippen molar-refractivity contribution >= 4 is 39.3 Å². The average molecular weight is 452 g/mol. The summed E-state index contributed by atoms with van der Waals surface area (Å²) < 4.78 is 27.5. The second-order valence-corrected chi connectivity index (χ2v) is 11.7. The Morgan fingerprint density at radius 3 is 2.47 bits per heavy atom. The summed E-state index contributed by atoms with van der Waals surface area (Å²) in [6.07, 6.45) is 2.83. The van der Waals surface area contributed by atoms with Gasteiger partial charge in [-0.25, -0.2) is 8.42 Å². The summed E-state index contributed by atoms with van der Waals surface area (Å²) in [4.78, 5) is 30.0. The molecule has 0 N–H and O–H groups in total. The molecule has 1 aromatic rings. The van der Waals surface area contributed by atoms with E-state index in [9.17, 15) is 18.0 Å². The van der Waals surface area contributed by atoms with E-state index in [4.69, 9.17) is 0 Å². The van der Waals surface area contributed by atoms with Gasteiger partial charge >= 0.3 is 0 Å². The van der Waals surface area contributed by atoms with Crippen LogP contribution in [0.3, 0.4) is 0 Å². The van der Waals surface area contributed by atoms with Gasteiger partial charge in [-0.2, -0.15) is 4.31 Å². The van der Waals surface area contributed by atoms with E-state index in [0.29, 0.717) is 43.7 Å². The maximum Gasteiger partial charge on any atom is 0.243 e. The molecule has 2 fully saturated rings. The van der Waals surface area contributed by atoms with Crippen LogP contribution in [0, 0.1) is 11.8 Å². The number of amides is 2. The zero-order valence-corrected chi connectivity index (χ0v) is 19.2. The summed E-state index contributed by atoms with van der Waals surface area (Å²) in [7, 11) is -3.59. The van der Waals surface area contributed by atoms with Crippen LogP contribution in [0.25, 0.3) is 0 Å². The normalized spacial score (nSPS) is 25.5. The number of carbonyl (C=O) groups excluding carboxylic acids is 2. The third-order valence-corrected chi connectivity index (χ3v) is 9.03. The number of piperidine rings is 1. The second-order valence-electron chi connectivity index (χ2n) is 8.75. The number of benzene rings is 1. The third kappa shape index (κ3) is 4.24. The van der Waals surface area contributed by atoms with Gasteiger partial charge in [0.15, 0.2) is 0 Å². The largest absolute Gasteiger partial charge is 0.341 e. The predicted molar refractivity (Wildman–Crippen MR) is 117 cm³/mol. The highest BCUT2D eigenvalue weighted by molar-refractivity contribution is 8.00. The molecule has 0 radical (unpaired) electrons. The van der Waals surface area contributed by atoms with Crippen LogP contribution >= 0.6 is 11.8 Å². The van der Waals surface area contributed by atoms with Gasteiger partial charge in [0.1, 0.15) is 6.54 Å². The van der Waals surface area contributed by atoms with Gasteiger partial charge in [-0.1, -0.05) is 13.8 Å². The van der Waals surface area contributed by atoms with E-state index < -0.39 is 10.0 Å². The van der Waals surface area contributed by atoms with Crippen molar-refractivity contribution in [3.63, 3.8) is 0 Å². The summed E-state index contributed by atoms with van der Waals surface area (Å²) >= 11 is 1.39. The van der Waals surface area contributed by atoms with Crippen molar-refractivity contribution in [3.05, 3.63) is 18.2 Å². The fourth-order valence-corrected chi connectivity index (χ4v) is 7.15. The van der Waals surface area contributed by atoms with Gasteiger partial charge in [0, 0.05) is 31.1 Å². The Morgan fingerprint density at radius 1 is 1.13 bits per heavy atom. The van der Waals surface area contributed by atoms with E-state index in [1.54, 1.807) is 18.2 Å². The Balaban J connectivity index is 1.60. The van der Waals surface area contributed by atoms with Gasteiger partial charge in [-0.3, -0.25) is 9.59 Å². The molecule has 2 saturated heterocycles. The van der Waals surface area contributed by atoms with Gasteiger partial charge in [0.05, 0.1) is 16.3 Å². The maximum absolute atomic E-state index is 13.0. The van der Waals surface area contributed by atoms with E-state index in [0.717, 1.165) is 24.2 Å². The Hall–Kier alpha value is -1.58. The monoisotopic (exact) mass is 451 g/mol. The fourth-order valence-electron chi connectivity index (χ4n) is 4.70.